The van der Waals surface area contributed by atoms with Crippen molar-refractivity contribution in [1.29, 1.82) is 0 Å². The SMILES string of the molecule is CCC1CCCCCN1c1cccc(F)n1. The maximum Gasteiger partial charge on any atom is 0.214 e. The Morgan fingerprint density at radius 3 is 3.00 bits per heavy atom. The van der Waals surface area contributed by atoms with Crippen molar-refractivity contribution in [2.75, 3.05) is 11.4 Å². The summed E-state index contributed by atoms with van der Waals surface area (Å²) in [5, 5.41) is 0. The summed E-state index contributed by atoms with van der Waals surface area (Å²) >= 11 is 0. The van der Waals surface area contributed by atoms with Gasteiger partial charge in [0.15, 0.2) is 0 Å². The molecule has 88 valence electrons. The highest BCUT2D eigenvalue weighted by Gasteiger charge is 2.20. The molecule has 1 aromatic heterocycles. The minimum Gasteiger partial charge on any atom is -0.354 e. The first kappa shape index (κ1) is 11.4. The number of halogens is 1. The Hall–Kier alpha value is -1.12. The Morgan fingerprint density at radius 1 is 1.38 bits per heavy atom. The van der Waals surface area contributed by atoms with Crippen LogP contribution in [0.3, 0.4) is 0 Å². The molecule has 0 N–H and O–H groups in total. The van der Waals surface area contributed by atoms with Gasteiger partial charge in [-0.05, 0) is 31.4 Å². The molecule has 1 unspecified atom stereocenters. The summed E-state index contributed by atoms with van der Waals surface area (Å²) < 4.78 is 13.1. The zero-order valence-corrected chi connectivity index (χ0v) is 9.82. The van der Waals surface area contributed by atoms with Gasteiger partial charge in [0.05, 0.1) is 0 Å². The molecule has 2 nitrogen and oxygen atoms in total. The number of aromatic nitrogens is 1. The molecule has 0 saturated carbocycles. The summed E-state index contributed by atoms with van der Waals surface area (Å²) in [5.74, 6) is 0.422. The average molecular weight is 222 g/mol. The molecule has 1 aromatic rings. The number of pyridine rings is 1. The molecule has 1 saturated heterocycles. The fraction of sp³-hybridized carbons (Fsp3) is 0.615. The van der Waals surface area contributed by atoms with E-state index in [-0.39, 0.29) is 5.95 Å². The van der Waals surface area contributed by atoms with E-state index < -0.39 is 0 Å². The number of rotatable bonds is 2. The molecular weight excluding hydrogens is 203 g/mol. The van der Waals surface area contributed by atoms with Gasteiger partial charge < -0.3 is 4.90 Å². The van der Waals surface area contributed by atoms with E-state index in [0.717, 1.165) is 18.8 Å². The van der Waals surface area contributed by atoms with Crippen molar-refractivity contribution in [3.8, 4) is 0 Å². The van der Waals surface area contributed by atoms with Crippen LogP contribution >= 0.6 is 0 Å². The molecule has 0 amide bonds. The van der Waals surface area contributed by atoms with Gasteiger partial charge in [-0.15, -0.1) is 0 Å². The maximum absolute atomic E-state index is 13.1. The molecule has 1 atom stereocenters. The van der Waals surface area contributed by atoms with Crippen molar-refractivity contribution in [2.45, 2.75) is 45.1 Å². The number of nitrogens with zero attached hydrogens (tertiary/aromatic N) is 2. The monoisotopic (exact) mass is 222 g/mol. The zero-order valence-electron chi connectivity index (χ0n) is 9.82. The van der Waals surface area contributed by atoms with Crippen LogP contribution in [0.1, 0.15) is 39.0 Å². The summed E-state index contributed by atoms with van der Waals surface area (Å²) in [6.45, 7) is 3.21. The van der Waals surface area contributed by atoms with E-state index in [1.54, 1.807) is 6.07 Å². The van der Waals surface area contributed by atoms with Crippen molar-refractivity contribution in [2.24, 2.45) is 0 Å². The minimum atomic E-state index is -0.378. The third-order valence-corrected chi connectivity index (χ3v) is 3.34. The second kappa shape index (κ2) is 5.28. The lowest BCUT2D eigenvalue weighted by Gasteiger charge is -2.30. The molecule has 0 bridgehead atoms. The lowest BCUT2D eigenvalue weighted by atomic mass is 10.1. The van der Waals surface area contributed by atoms with E-state index in [2.05, 4.69) is 16.8 Å². The topological polar surface area (TPSA) is 16.1 Å². The molecule has 3 heteroatoms. The van der Waals surface area contributed by atoms with Crippen molar-refractivity contribution in [3.63, 3.8) is 0 Å². The van der Waals surface area contributed by atoms with Gasteiger partial charge in [0.25, 0.3) is 0 Å². The molecule has 0 aliphatic carbocycles. The molecule has 16 heavy (non-hydrogen) atoms. The van der Waals surface area contributed by atoms with Crippen LogP contribution in [-0.2, 0) is 0 Å². The fourth-order valence-corrected chi connectivity index (χ4v) is 2.46. The van der Waals surface area contributed by atoms with E-state index >= 15 is 0 Å². The third kappa shape index (κ3) is 2.52. The van der Waals surface area contributed by atoms with Crippen LogP contribution in [0.15, 0.2) is 18.2 Å². The Morgan fingerprint density at radius 2 is 2.25 bits per heavy atom. The number of anilines is 1. The van der Waals surface area contributed by atoms with Crippen molar-refractivity contribution in [3.05, 3.63) is 24.1 Å². The van der Waals surface area contributed by atoms with Crippen molar-refractivity contribution in [1.82, 2.24) is 4.98 Å². The Bertz CT molecular complexity index is 340. The highest BCUT2D eigenvalue weighted by atomic mass is 19.1. The third-order valence-electron chi connectivity index (χ3n) is 3.34. The van der Waals surface area contributed by atoms with E-state index in [0.29, 0.717) is 6.04 Å². The van der Waals surface area contributed by atoms with Gasteiger partial charge in [-0.2, -0.15) is 4.39 Å². The van der Waals surface area contributed by atoms with Gasteiger partial charge in [-0.25, -0.2) is 4.98 Å². The Balaban J connectivity index is 2.21. The molecule has 1 fully saturated rings. The van der Waals surface area contributed by atoms with Gasteiger partial charge in [-0.1, -0.05) is 25.8 Å². The number of hydrogen-bond donors (Lipinski definition) is 0. The van der Waals surface area contributed by atoms with Crippen LogP contribution in [0, 0.1) is 5.95 Å². The molecule has 0 spiro atoms. The summed E-state index contributed by atoms with van der Waals surface area (Å²) in [6.07, 6.45) is 6.06. The lowest BCUT2D eigenvalue weighted by molar-refractivity contribution is 0.539. The lowest BCUT2D eigenvalue weighted by Crippen LogP contribution is -2.35. The largest absolute Gasteiger partial charge is 0.354 e. The quantitative estimate of drug-likeness (QED) is 0.713. The second-order valence-corrected chi connectivity index (χ2v) is 4.42. The van der Waals surface area contributed by atoms with Gasteiger partial charge in [0, 0.05) is 12.6 Å². The summed E-state index contributed by atoms with van der Waals surface area (Å²) in [5.41, 5.74) is 0. The van der Waals surface area contributed by atoms with E-state index in [1.807, 2.05) is 6.07 Å². The molecule has 2 rings (SSSR count). The van der Waals surface area contributed by atoms with Crippen LogP contribution < -0.4 is 4.90 Å². The van der Waals surface area contributed by atoms with Crippen LogP contribution in [0.25, 0.3) is 0 Å². The van der Waals surface area contributed by atoms with Crippen LogP contribution in [0.4, 0.5) is 10.2 Å². The molecule has 1 aliphatic rings. The van der Waals surface area contributed by atoms with Gasteiger partial charge in [0.1, 0.15) is 5.82 Å². The number of hydrogen-bond acceptors (Lipinski definition) is 2. The first-order chi connectivity index (χ1) is 7.81. The van der Waals surface area contributed by atoms with E-state index in [4.69, 9.17) is 0 Å². The van der Waals surface area contributed by atoms with Crippen molar-refractivity contribution >= 4 is 5.82 Å². The molecular formula is C13H19FN2. The van der Waals surface area contributed by atoms with Crippen LogP contribution in [0.2, 0.25) is 0 Å². The highest BCUT2D eigenvalue weighted by Crippen LogP contribution is 2.24. The Labute approximate surface area is 96.5 Å². The molecule has 2 heterocycles. The molecule has 1 aliphatic heterocycles. The van der Waals surface area contributed by atoms with Gasteiger partial charge >= 0.3 is 0 Å². The zero-order chi connectivity index (χ0) is 11.4. The van der Waals surface area contributed by atoms with Gasteiger partial charge in [0.2, 0.25) is 5.95 Å². The van der Waals surface area contributed by atoms with E-state index in [1.165, 1.54) is 31.7 Å². The van der Waals surface area contributed by atoms with Crippen LogP contribution in [-0.4, -0.2) is 17.6 Å². The van der Waals surface area contributed by atoms with Crippen molar-refractivity contribution < 1.29 is 4.39 Å². The maximum atomic E-state index is 13.1. The fourth-order valence-electron chi connectivity index (χ4n) is 2.46. The predicted octanol–water partition coefficient (Wildman–Crippen LogP) is 3.38. The highest BCUT2D eigenvalue weighted by molar-refractivity contribution is 5.39. The second-order valence-electron chi connectivity index (χ2n) is 4.42. The summed E-state index contributed by atoms with van der Waals surface area (Å²) in [6, 6.07) is 5.59. The minimum absolute atomic E-state index is 0.378. The normalized spacial score (nSPS) is 21.9. The summed E-state index contributed by atoms with van der Waals surface area (Å²) in [7, 11) is 0. The smallest absolute Gasteiger partial charge is 0.214 e. The van der Waals surface area contributed by atoms with Gasteiger partial charge in [-0.3, -0.25) is 0 Å². The average Bonchev–Trinajstić information content (AvgIpc) is 2.53. The van der Waals surface area contributed by atoms with Crippen LogP contribution in [0.5, 0.6) is 0 Å². The molecule has 0 radical (unpaired) electrons. The predicted molar refractivity (Wildman–Crippen MR) is 64.1 cm³/mol. The first-order valence-corrected chi connectivity index (χ1v) is 6.20. The van der Waals surface area contributed by atoms with E-state index in [9.17, 15) is 4.39 Å². The first-order valence-electron chi connectivity index (χ1n) is 6.20. The summed E-state index contributed by atoms with van der Waals surface area (Å²) in [4.78, 5) is 6.27. The molecule has 0 aromatic carbocycles. The standard InChI is InChI=1S/C13H19FN2/c1-2-11-7-4-3-5-10-16(11)13-9-6-8-12(14)15-13/h6,8-9,11H,2-5,7,10H2,1H3. The Kier molecular flexibility index (Phi) is 3.75.